The number of hydrogen-bond donors (Lipinski definition) is 1. The number of non-ortho nitro benzene ring substituents is 1. The van der Waals surface area contributed by atoms with E-state index in [2.05, 4.69) is 5.32 Å². The summed E-state index contributed by atoms with van der Waals surface area (Å²) in [6.07, 6.45) is 2.85. The molecule has 2 aromatic rings. The first-order chi connectivity index (χ1) is 11.1. The normalized spacial score (nSPS) is 10.5. The Balaban J connectivity index is 1.98. The second-order valence-electron chi connectivity index (χ2n) is 4.63. The second kappa shape index (κ2) is 7.74. The minimum absolute atomic E-state index is 0.0147. The molecule has 23 heavy (non-hydrogen) atoms. The van der Waals surface area contributed by atoms with Gasteiger partial charge < -0.3 is 10.1 Å². The van der Waals surface area contributed by atoms with Crippen molar-refractivity contribution in [1.82, 2.24) is 0 Å². The van der Waals surface area contributed by atoms with Crippen molar-refractivity contribution in [2.75, 3.05) is 11.9 Å². The lowest BCUT2D eigenvalue weighted by molar-refractivity contribution is -0.384. The van der Waals surface area contributed by atoms with Crippen LogP contribution in [0.5, 0.6) is 5.75 Å². The number of amides is 1. The number of carbonyl (C=O) groups excluding carboxylic acids is 1. The van der Waals surface area contributed by atoms with Gasteiger partial charge in [0.2, 0.25) is 5.91 Å². The Morgan fingerprint density at radius 2 is 2.00 bits per heavy atom. The molecule has 0 unspecified atom stereocenters. The van der Waals surface area contributed by atoms with Gasteiger partial charge in [-0.25, -0.2) is 0 Å². The number of nitrogens with zero attached hydrogens (tertiary/aromatic N) is 1. The lowest BCUT2D eigenvalue weighted by Gasteiger charge is -2.05. The van der Waals surface area contributed by atoms with Gasteiger partial charge in [0, 0.05) is 23.9 Å². The Hall–Kier alpha value is -3.15. The van der Waals surface area contributed by atoms with Gasteiger partial charge in [0.25, 0.3) is 5.69 Å². The van der Waals surface area contributed by atoms with Crippen LogP contribution in [-0.4, -0.2) is 17.4 Å². The largest absolute Gasteiger partial charge is 0.494 e. The van der Waals surface area contributed by atoms with Gasteiger partial charge in [-0.05, 0) is 42.8 Å². The van der Waals surface area contributed by atoms with Crippen LogP contribution in [0.15, 0.2) is 54.6 Å². The molecule has 0 saturated heterocycles. The molecule has 6 nitrogen and oxygen atoms in total. The number of rotatable bonds is 6. The van der Waals surface area contributed by atoms with Crippen molar-refractivity contribution in [2.45, 2.75) is 6.92 Å². The van der Waals surface area contributed by atoms with Crippen LogP contribution in [0.4, 0.5) is 11.4 Å². The summed E-state index contributed by atoms with van der Waals surface area (Å²) in [7, 11) is 0. The first-order valence-corrected chi connectivity index (χ1v) is 7.05. The SMILES string of the molecule is CCOc1ccc(NC(=O)C=Cc2cccc([N+](=O)[O-])c2)cc1. The van der Waals surface area contributed by atoms with Crippen LogP contribution in [-0.2, 0) is 4.79 Å². The van der Waals surface area contributed by atoms with Crippen LogP contribution < -0.4 is 10.1 Å². The quantitative estimate of drug-likeness (QED) is 0.501. The van der Waals surface area contributed by atoms with E-state index in [0.717, 1.165) is 5.75 Å². The van der Waals surface area contributed by atoms with Crippen molar-refractivity contribution < 1.29 is 14.5 Å². The van der Waals surface area contributed by atoms with E-state index in [0.29, 0.717) is 17.9 Å². The van der Waals surface area contributed by atoms with Crippen molar-refractivity contribution in [1.29, 1.82) is 0 Å². The summed E-state index contributed by atoms with van der Waals surface area (Å²) < 4.78 is 5.32. The van der Waals surface area contributed by atoms with Crippen LogP contribution in [0.2, 0.25) is 0 Å². The molecular formula is C17H16N2O4. The standard InChI is InChI=1S/C17H16N2O4/c1-2-23-16-9-7-14(8-10-16)18-17(20)11-6-13-4-3-5-15(12-13)19(21)22/h3-12H,2H2,1H3,(H,18,20). The highest BCUT2D eigenvalue weighted by atomic mass is 16.6. The smallest absolute Gasteiger partial charge is 0.270 e. The number of nitro groups is 1. The molecule has 0 saturated carbocycles. The molecule has 0 atom stereocenters. The Morgan fingerprint density at radius 1 is 1.26 bits per heavy atom. The van der Waals surface area contributed by atoms with Crippen molar-refractivity contribution in [3.05, 3.63) is 70.3 Å². The summed E-state index contributed by atoms with van der Waals surface area (Å²) >= 11 is 0. The summed E-state index contributed by atoms with van der Waals surface area (Å²) in [5.41, 5.74) is 1.21. The number of nitro benzene ring substituents is 1. The van der Waals surface area contributed by atoms with Gasteiger partial charge in [-0.1, -0.05) is 12.1 Å². The summed E-state index contributed by atoms with van der Waals surface area (Å²) in [6, 6.07) is 13.1. The van der Waals surface area contributed by atoms with Gasteiger partial charge in [0.1, 0.15) is 5.75 Å². The predicted molar refractivity (Wildman–Crippen MR) is 88.4 cm³/mol. The van der Waals surface area contributed by atoms with Crippen LogP contribution in [0.1, 0.15) is 12.5 Å². The van der Waals surface area contributed by atoms with Gasteiger partial charge >= 0.3 is 0 Å². The molecule has 0 aromatic heterocycles. The highest BCUT2D eigenvalue weighted by Crippen LogP contribution is 2.16. The summed E-state index contributed by atoms with van der Waals surface area (Å²) in [5.74, 6) is 0.415. The zero-order valence-corrected chi connectivity index (χ0v) is 12.6. The average Bonchev–Trinajstić information content (AvgIpc) is 2.55. The predicted octanol–water partition coefficient (Wildman–Crippen LogP) is 3.65. The molecule has 118 valence electrons. The van der Waals surface area contributed by atoms with Crippen LogP contribution >= 0.6 is 0 Å². The number of carbonyl (C=O) groups is 1. The van der Waals surface area contributed by atoms with E-state index in [1.165, 1.54) is 24.3 Å². The van der Waals surface area contributed by atoms with Crippen molar-refractivity contribution in [3.63, 3.8) is 0 Å². The third kappa shape index (κ3) is 4.96. The molecule has 0 spiro atoms. The summed E-state index contributed by atoms with van der Waals surface area (Å²) in [6.45, 7) is 2.48. The summed E-state index contributed by atoms with van der Waals surface area (Å²) in [4.78, 5) is 22.1. The van der Waals surface area contributed by atoms with Crippen molar-refractivity contribution >= 4 is 23.4 Å². The average molecular weight is 312 g/mol. The minimum atomic E-state index is -0.475. The van der Waals surface area contributed by atoms with Gasteiger partial charge in [-0.3, -0.25) is 14.9 Å². The highest BCUT2D eigenvalue weighted by molar-refractivity contribution is 6.01. The molecule has 1 amide bonds. The number of nitrogens with one attached hydrogen (secondary N) is 1. The third-order valence-electron chi connectivity index (χ3n) is 2.94. The molecule has 0 bridgehead atoms. The molecular weight excluding hydrogens is 296 g/mol. The maximum absolute atomic E-state index is 11.9. The molecule has 0 radical (unpaired) electrons. The molecule has 2 rings (SSSR count). The molecule has 0 aliphatic heterocycles. The fraction of sp³-hybridized carbons (Fsp3) is 0.118. The van der Waals surface area contributed by atoms with E-state index in [1.54, 1.807) is 36.4 Å². The van der Waals surface area contributed by atoms with Gasteiger partial charge in [-0.2, -0.15) is 0 Å². The summed E-state index contributed by atoms with van der Waals surface area (Å²) in [5, 5.41) is 13.4. The second-order valence-corrected chi connectivity index (χ2v) is 4.63. The molecule has 0 fully saturated rings. The van der Waals surface area contributed by atoms with Gasteiger partial charge in [0.15, 0.2) is 0 Å². The van der Waals surface area contributed by atoms with Gasteiger partial charge in [-0.15, -0.1) is 0 Å². The van der Waals surface area contributed by atoms with Gasteiger partial charge in [0.05, 0.1) is 11.5 Å². The Kier molecular flexibility index (Phi) is 5.46. The first kappa shape index (κ1) is 16.2. The number of benzene rings is 2. The molecule has 2 aromatic carbocycles. The van der Waals surface area contributed by atoms with E-state index in [9.17, 15) is 14.9 Å². The fourth-order valence-corrected chi connectivity index (χ4v) is 1.90. The lowest BCUT2D eigenvalue weighted by atomic mass is 10.2. The van der Waals surface area contributed by atoms with Crippen LogP contribution in [0.3, 0.4) is 0 Å². The minimum Gasteiger partial charge on any atom is -0.494 e. The Bertz CT molecular complexity index is 724. The third-order valence-corrected chi connectivity index (χ3v) is 2.94. The monoisotopic (exact) mass is 312 g/mol. The molecule has 0 aliphatic rings. The van der Waals surface area contributed by atoms with Crippen LogP contribution in [0, 0.1) is 10.1 Å². The topological polar surface area (TPSA) is 81.5 Å². The van der Waals surface area contributed by atoms with E-state index in [1.807, 2.05) is 6.92 Å². The zero-order valence-electron chi connectivity index (χ0n) is 12.6. The maximum Gasteiger partial charge on any atom is 0.270 e. The number of ether oxygens (including phenoxy) is 1. The molecule has 0 heterocycles. The van der Waals surface area contributed by atoms with E-state index < -0.39 is 4.92 Å². The van der Waals surface area contributed by atoms with E-state index in [-0.39, 0.29) is 11.6 Å². The van der Waals surface area contributed by atoms with Crippen LogP contribution in [0.25, 0.3) is 6.08 Å². The zero-order chi connectivity index (χ0) is 16.7. The molecule has 6 heteroatoms. The first-order valence-electron chi connectivity index (χ1n) is 7.05. The fourth-order valence-electron chi connectivity index (χ4n) is 1.90. The Morgan fingerprint density at radius 3 is 2.65 bits per heavy atom. The number of anilines is 1. The van der Waals surface area contributed by atoms with E-state index >= 15 is 0 Å². The van der Waals surface area contributed by atoms with E-state index in [4.69, 9.17) is 4.74 Å². The lowest BCUT2D eigenvalue weighted by Crippen LogP contribution is -2.07. The van der Waals surface area contributed by atoms with Crippen molar-refractivity contribution in [3.8, 4) is 5.75 Å². The maximum atomic E-state index is 11.9. The molecule has 0 aliphatic carbocycles. The Labute approximate surface area is 133 Å². The number of hydrogen-bond acceptors (Lipinski definition) is 4. The van der Waals surface area contributed by atoms with Crippen molar-refractivity contribution in [2.24, 2.45) is 0 Å². The molecule has 1 N–H and O–H groups in total. The highest BCUT2D eigenvalue weighted by Gasteiger charge is 2.04.